The molecule has 1 aromatic heterocycles. The maximum absolute atomic E-state index is 11.1. The van der Waals surface area contributed by atoms with Gasteiger partial charge in [-0.05, 0) is 31.4 Å². The molecule has 3 rings (SSSR count). The molecule has 1 fully saturated rings. The van der Waals surface area contributed by atoms with E-state index in [2.05, 4.69) is 10.1 Å². The SMILES string of the molecule is Cl.NC1(c2noc(-c3cccc(Cl)c3[N+](=O)[O-])n2)CCC1. The zero-order valence-electron chi connectivity index (χ0n) is 10.8. The Bertz CT molecular complexity index is 685. The van der Waals surface area contributed by atoms with Gasteiger partial charge in [-0.15, -0.1) is 12.4 Å². The zero-order chi connectivity index (χ0) is 14.3. The molecule has 0 bridgehead atoms. The molecule has 1 heterocycles. The van der Waals surface area contributed by atoms with E-state index in [0.29, 0.717) is 5.82 Å². The van der Waals surface area contributed by atoms with E-state index in [-0.39, 0.29) is 34.6 Å². The Morgan fingerprint density at radius 1 is 1.43 bits per heavy atom. The summed E-state index contributed by atoms with van der Waals surface area (Å²) in [5.41, 5.74) is 5.48. The molecule has 2 aromatic rings. The maximum atomic E-state index is 11.1. The van der Waals surface area contributed by atoms with Crippen LogP contribution < -0.4 is 5.73 Å². The summed E-state index contributed by atoms with van der Waals surface area (Å²) in [6, 6.07) is 4.55. The van der Waals surface area contributed by atoms with Gasteiger partial charge in [0.1, 0.15) is 10.6 Å². The molecular weight excluding hydrogens is 319 g/mol. The summed E-state index contributed by atoms with van der Waals surface area (Å²) in [4.78, 5) is 14.7. The Labute approximate surface area is 131 Å². The average Bonchev–Trinajstić information content (AvgIpc) is 2.84. The highest BCUT2D eigenvalue weighted by atomic mass is 35.5. The van der Waals surface area contributed by atoms with Crippen LogP contribution in [0.1, 0.15) is 25.1 Å². The highest BCUT2D eigenvalue weighted by Crippen LogP contribution is 2.39. The van der Waals surface area contributed by atoms with E-state index >= 15 is 0 Å². The van der Waals surface area contributed by atoms with Gasteiger partial charge >= 0.3 is 5.69 Å². The number of benzene rings is 1. The van der Waals surface area contributed by atoms with Crippen molar-refractivity contribution < 1.29 is 9.45 Å². The van der Waals surface area contributed by atoms with Gasteiger partial charge < -0.3 is 10.3 Å². The van der Waals surface area contributed by atoms with Crippen LogP contribution in [0, 0.1) is 10.1 Å². The largest absolute Gasteiger partial charge is 0.334 e. The molecule has 1 aromatic carbocycles. The Kier molecular flexibility index (Phi) is 4.18. The number of nitro groups is 1. The summed E-state index contributed by atoms with van der Waals surface area (Å²) in [6.45, 7) is 0. The number of nitro benzene ring substituents is 1. The number of nitrogens with two attached hydrogens (primary N) is 1. The molecule has 0 saturated heterocycles. The number of halogens is 2. The fourth-order valence-electron chi connectivity index (χ4n) is 2.19. The van der Waals surface area contributed by atoms with Crippen molar-refractivity contribution in [1.29, 1.82) is 0 Å². The smallest absolute Gasteiger partial charge is 0.300 e. The van der Waals surface area contributed by atoms with Gasteiger partial charge in [-0.2, -0.15) is 4.98 Å². The molecule has 7 nitrogen and oxygen atoms in total. The molecule has 0 amide bonds. The third-order valence-corrected chi connectivity index (χ3v) is 3.82. The summed E-state index contributed by atoms with van der Waals surface area (Å²) in [5.74, 6) is 0.443. The first-order valence-electron chi connectivity index (χ1n) is 6.08. The Balaban J connectivity index is 0.00000161. The number of nitrogens with zero attached hydrogens (tertiary/aromatic N) is 3. The molecule has 9 heteroatoms. The normalized spacial score (nSPS) is 15.9. The summed E-state index contributed by atoms with van der Waals surface area (Å²) < 4.78 is 5.11. The van der Waals surface area contributed by atoms with E-state index in [9.17, 15) is 10.1 Å². The average molecular weight is 331 g/mol. The van der Waals surface area contributed by atoms with Gasteiger partial charge in [0.05, 0.1) is 10.5 Å². The zero-order valence-corrected chi connectivity index (χ0v) is 12.4. The van der Waals surface area contributed by atoms with Crippen molar-refractivity contribution in [3.8, 4) is 11.5 Å². The molecule has 1 aliphatic rings. The molecule has 1 aliphatic carbocycles. The fourth-order valence-corrected chi connectivity index (χ4v) is 2.43. The van der Waals surface area contributed by atoms with Gasteiger partial charge in [-0.1, -0.05) is 22.8 Å². The van der Waals surface area contributed by atoms with Crippen LogP contribution >= 0.6 is 24.0 Å². The van der Waals surface area contributed by atoms with Crippen molar-refractivity contribution >= 4 is 29.7 Å². The van der Waals surface area contributed by atoms with Gasteiger partial charge in [0, 0.05) is 0 Å². The molecule has 1 saturated carbocycles. The van der Waals surface area contributed by atoms with E-state index < -0.39 is 10.5 Å². The lowest BCUT2D eigenvalue weighted by atomic mass is 9.77. The van der Waals surface area contributed by atoms with Gasteiger partial charge in [0.2, 0.25) is 0 Å². The number of hydrogen-bond donors (Lipinski definition) is 1. The van der Waals surface area contributed by atoms with Crippen molar-refractivity contribution in [2.24, 2.45) is 5.73 Å². The molecular formula is C12H12Cl2N4O3. The third-order valence-electron chi connectivity index (χ3n) is 3.52. The summed E-state index contributed by atoms with van der Waals surface area (Å²) in [6.07, 6.45) is 2.57. The summed E-state index contributed by atoms with van der Waals surface area (Å²) >= 11 is 5.85. The summed E-state index contributed by atoms with van der Waals surface area (Å²) in [5, 5.41) is 15.0. The van der Waals surface area contributed by atoms with Gasteiger partial charge in [0.25, 0.3) is 5.89 Å². The molecule has 112 valence electrons. The molecule has 0 spiro atoms. The minimum Gasteiger partial charge on any atom is -0.334 e. The Morgan fingerprint density at radius 2 is 2.14 bits per heavy atom. The molecule has 0 radical (unpaired) electrons. The third kappa shape index (κ3) is 2.59. The quantitative estimate of drug-likeness (QED) is 0.684. The van der Waals surface area contributed by atoms with Crippen LogP contribution in [-0.2, 0) is 5.54 Å². The van der Waals surface area contributed by atoms with E-state index in [1.54, 1.807) is 6.07 Å². The van der Waals surface area contributed by atoms with Crippen LogP contribution in [0.4, 0.5) is 5.69 Å². The minimum absolute atomic E-state index is 0. The van der Waals surface area contributed by atoms with Crippen molar-refractivity contribution in [2.75, 3.05) is 0 Å². The van der Waals surface area contributed by atoms with Crippen LogP contribution in [0.3, 0.4) is 0 Å². The van der Waals surface area contributed by atoms with Crippen LogP contribution in [0.15, 0.2) is 22.7 Å². The second-order valence-corrected chi connectivity index (χ2v) is 5.23. The lowest BCUT2D eigenvalue weighted by molar-refractivity contribution is -0.384. The van der Waals surface area contributed by atoms with Crippen molar-refractivity contribution in [3.63, 3.8) is 0 Å². The van der Waals surface area contributed by atoms with Gasteiger partial charge in [-0.3, -0.25) is 10.1 Å². The van der Waals surface area contributed by atoms with Gasteiger partial charge in [0.15, 0.2) is 5.82 Å². The first-order chi connectivity index (χ1) is 9.51. The predicted octanol–water partition coefficient (Wildman–Crippen LogP) is 3.06. The first kappa shape index (κ1) is 15.7. The van der Waals surface area contributed by atoms with Crippen molar-refractivity contribution in [1.82, 2.24) is 10.1 Å². The standard InChI is InChI=1S/C12H11ClN4O3.ClH/c13-8-4-1-3-7(9(8)17(18)19)10-15-11(16-20-10)12(14)5-2-6-12;/h1,3-4H,2,5-6,14H2;1H. The van der Waals surface area contributed by atoms with E-state index in [4.69, 9.17) is 21.9 Å². The Morgan fingerprint density at radius 3 is 2.71 bits per heavy atom. The molecule has 0 aliphatic heterocycles. The number of hydrogen-bond acceptors (Lipinski definition) is 6. The topological polar surface area (TPSA) is 108 Å². The van der Waals surface area contributed by atoms with E-state index in [1.807, 2.05) is 0 Å². The minimum atomic E-state index is -0.574. The monoisotopic (exact) mass is 330 g/mol. The molecule has 2 N–H and O–H groups in total. The van der Waals surface area contributed by atoms with E-state index in [0.717, 1.165) is 19.3 Å². The highest BCUT2D eigenvalue weighted by molar-refractivity contribution is 6.33. The van der Waals surface area contributed by atoms with Crippen molar-refractivity contribution in [3.05, 3.63) is 39.2 Å². The van der Waals surface area contributed by atoms with Crippen LogP contribution in [0.5, 0.6) is 0 Å². The highest BCUT2D eigenvalue weighted by Gasteiger charge is 2.39. The number of rotatable bonds is 3. The van der Waals surface area contributed by atoms with Gasteiger partial charge in [-0.25, -0.2) is 0 Å². The predicted molar refractivity (Wildman–Crippen MR) is 78.4 cm³/mol. The number of para-hydroxylation sites is 1. The molecule has 0 unspecified atom stereocenters. The second kappa shape index (κ2) is 5.59. The molecule has 21 heavy (non-hydrogen) atoms. The maximum Gasteiger partial charge on any atom is 0.300 e. The lowest BCUT2D eigenvalue weighted by Gasteiger charge is -2.34. The summed E-state index contributed by atoms with van der Waals surface area (Å²) in [7, 11) is 0. The second-order valence-electron chi connectivity index (χ2n) is 4.83. The molecule has 0 atom stereocenters. The first-order valence-corrected chi connectivity index (χ1v) is 6.45. The van der Waals surface area contributed by atoms with Crippen LogP contribution in [-0.4, -0.2) is 15.1 Å². The van der Waals surface area contributed by atoms with Crippen molar-refractivity contribution in [2.45, 2.75) is 24.8 Å². The van der Waals surface area contributed by atoms with Crippen LogP contribution in [0.25, 0.3) is 11.5 Å². The lowest BCUT2D eigenvalue weighted by Crippen LogP contribution is -2.44. The number of aromatic nitrogens is 2. The van der Waals surface area contributed by atoms with Crippen LogP contribution in [0.2, 0.25) is 5.02 Å². The fraction of sp³-hybridized carbons (Fsp3) is 0.333. The van der Waals surface area contributed by atoms with E-state index in [1.165, 1.54) is 12.1 Å². The Hall–Kier alpha value is -1.70.